The zero-order valence-corrected chi connectivity index (χ0v) is 14.3. The van der Waals surface area contributed by atoms with Crippen LogP contribution in [0.2, 0.25) is 0 Å². The van der Waals surface area contributed by atoms with Crippen molar-refractivity contribution in [2.24, 2.45) is 4.99 Å². The minimum absolute atomic E-state index is 0.0406. The Bertz CT molecular complexity index is 816. The van der Waals surface area contributed by atoms with E-state index in [0.717, 1.165) is 5.56 Å². The number of amides is 2. The molecule has 7 heteroatoms. The fourth-order valence-corrected chi connectivity index (χ4v) is 2.13. The lowest BCUT2D eigenvalue weighted by atomic mass is 10.2. The first-order valence-corrected chi connectivity index (χ1v) is 7.93. The zero-order valence-electron chi connectivity index (χ0n) is 14.3. The van der Waals surface area contributed by atoms with E-state index >= 15 is 0 Å². The van der Waals surface area contributed by atoms with E-state index in [1.807, 2.05) is 19.1 Å². The van der Waals surface area contributed by atoms with Crippen LogP contribution >= 0.6 is 0 Å². The Hall–Kier alpha value is -3.48. The molecule has 0 aliphatic rings. The largest absolute Gasteiger partial charge is 0.508 e. The number of aryl methyl sites for hydroxylation is 1. The lowest BCUT2D eigenvalue weighted by molar-refractivity contribution is -0.102. The van der Waals surface area contributed by atoms with Crippen molar-refractivity contribution >= 4 is 29.9 Å². The van der Waals surface area contributed by atoms with Gasteiger partial charge in [0, 0.05) is 11.9 Å². The molecule has 0 radical (unpaired) electrons. The van der Waals surface area contributed by atoms with E-state index in [2.05, 4.69) is 10.3 Å². The molecule has 0 saturated heterocycles. The van der Waals surface area contributed by atoms with Gasteiger partial charge < -0.3 is 15.8 Å². The minimum Gasteiger partial charge on any atom is -0.508 e. The molecule has 0 aliphatic carbocycles. The molecule has 2 aromatic carbocycles. The highest BCUT2D eigenvalue weighted by molar-refractivity contribution is 6.28. The second-order valence-electron chi connectivity index (χ2n) is 5.61. The van der Waals surface area contributed by atoms with Crippen molar-refractivity contribution in [1.82, 2.24) is 5.32 Å². The van der Waals surface area contributed by atoms with Gasteiger partial charge in [-0.1, -0.05) is 29.8 Å². The molecule has 0 aromatic heterocycles. The molecule has 0 atom stereocenters. The lowest BCUT2D eigenvalue weighted by Gasteiger charge is -2.21. The first kappa shape index (κ1) is 18.9. The third kappa shape index (κ3) is 5.55. The smallest absolute Gasteiger partial charge is 0.323 e. The van der Waals surface area contributed by atoms with Crippen LogP contribution in [0.5, 0.6) is 5.75 Å². The monoisotopic (exact) mass is 352 g/mol. The highest BCUT2D eigenvalue weighted by Gasteiger charge is 2.15. The fraction of sp³-hybridized carbons (Fsp3) is 0.158. The summed E-state index contributed by atoms with van der Waals surface area (Å²) in [7, 11) is 0. The maximum atomic E-state index is 12.4. The first-order valence-electron chi connectivity index (χ1n) is 7.93. The molecule has 0 spiro atoms. The van der Waals surface area contributed by atoms with Gasteiger partial charge in [-0.25, -0.2) is 4.79 Å². The molecular formula is C19H20N4O3. The number of nitrogens with zero attached hydrogens (tertiary/aromatic N) is 2. The second kappa shape index (κ2) is 9.12. The van der Waals surface area contributed by atoms with Gasteiger partial charge >= 0.3 is 6.03 Å². The van der Waals surface area contributed by atoms with Crippen molar-refractivity contribution in [2.75, 3.05) is 18.1 Å². The number of benzene rings is 2. The molecule has 2 rings (SSSR count). The van der Waals surface area contributed by atoms with Crippen LogP contribution in [0.25, 0.3) is 0 Å². The highest BCUT2D eigenvalue weighted by atomic mass is 16.3. The number of urea groups is 1. The summed E-state index contributed by atoms with van der Waals surface area (Å²) in [5.41, 5.74) is 2.18. The number of phenolic OH excluding ortho intramolecular Hbond substituents is 1. The van der Waals surface area contributed by atoms with Gasteiger partial charge in [-0.3, -0.25) is 14.7 Å². The fourth-order valence-electron chi connectivity index (χ4n) is 2.13. The summed E-state index contributed by atoms with van der Waals surface area (Å²) in [5.74, 6) is 0.134. The van der Waals surface area contributed by atoms with E-state index < -0.39 is 6.03 Å². The zero-order chi connectivity index (χ0) is 18.9. The number of hydrogen-bond donors (Lipinski definition) is 3. The molecule has 7 nitrogen and oxygen atoms in total. The quantitative estimate of drug-likeness (QED) is 0.526. The van der Waals surface area contributed by atoms with Crippen LogP contribution in [-0.4, -0.2) is 42.6 Å². The number of rotatable bonds is 7. The van der Waals surface area contributed by atoms with Crippen molar-refractivity contribution in [3.05, 3.63) is 59.7 Å². The van der Waals surface area contributed by atoms with Crippen LogP contribution < -0.4 is 10.2 Å². The Morgan fingerprint density at radius 2 is 2.00 bits per heavy atom. The van der Waals surface area contributed by atoms with E-state index in [-0.39, 0.29) is 24.7 Å². The number of aromatic hydroxyl groups is 1. The van der Waals surface area contributed by atoms with Crippen LogP contribution in [0.3, 0.4) is 0 Å². The molecule has 0 saturated carbocycles. The van der Waals surface area contributed by atoms with E-state index in [0.29, 0.717) is 17.5 Å². The molecule has 0 bridgehead atoms. The van der Waals surface area contributed by atoms with Gasteiger partial charge in [-0.15, -0.1) is 0 Å². The Balaban J connectivity index is 2.14. The summed E-state index contributed by atoms with van der Waals surface area (Å²) in [6.07, 6.45) is 1.94. The minimum atomic E-state index is -0.464. The van der Waals surface area contributed by atoms with Gasteiger partial charge in [-0.05, 0) is 36.8 Å². The molecule has 2 amide bonds. The van der Waals surface area contributed by atoms with Gasteiger partial charge in [0.1, 0.15) is 12.4 Å². The summed E-state index contributed by atoms with van der Waals surface area (Å²) in [6.45, 7) is 1.83. The predicted octanol–water partition coefficient (Wildman–Crippen LogP) is 2.51. The molecule has 0 aliphatic heterocycles. The van der Waals surface area contributed by atoms with E-state index in [9.17, 15) is 14.7 Å². The average molecular weight is 352 g/mol. The van der Waals surface area contributed by atoms with Gasteiger partial charge in [-0.2, -0.15) is 0 Å². The standard InChI is InChI=1S/C19H20N4O3/c1-14-5-7-17(8-6-14)23(19(26)22-11-16(20)12-24)13-21-10-15-3-2-4-18(25)9-15/h2-10,12,20,25H,11,13H2,1H3,(H,22,26)/b20-16?,21-10+. The van der Waals surface area contributed by atoms with Gasteiger partial charge in [0.05, 0.1) is 12.3 Å². The van der Waals surface area contributed by atoms with Gasteiger partial charge in [0.15, 0.2) is 6.29 Å². The van der Waals surface area contributed by atoms with E-state index in [4.69, 9.17) is 5.41 Å². The first-order chi connectivity index (χ1) is 12.5. The van der Waals surface area contributed by atoms with Crippen molar-refractivity contribution < 1.29 is 14.7 Å². The van der Waals surface area contributed by atoms with Crippen LogP contribution in [0.4, 0.5) is 10.5 Å². The van der Waals surface area contributed by atoms with E-state index in [1.54, 1.807) is 42.6 Å². The predicted molar refractivity (Wildman–Crippen MR) is 101 cm³/mol. The Morgan fingerprint density at radius 1 is 1.27 bits per heavy atom. The van der Waals surface area contributed by atoms with Crippen molar-refractivity contribution in [1.29, 1.82) is 5.41 Å². The summed E-state index contributed by atoms with van der Waals surface area (Å²) >= 11 is 0. The maximum absolute atomic E-state index is 12.4. The van der Waals surface area contributed by atoms with Crippen LogP contribution in [0.1, 0.15) is 11.1 Å². The summed E-state index contributed by atoms with van der Waals surface area (Å²) in [6, 6.07) is 13.5. The summed E-state index contributed by atoms with van der Waals surface area (Å²) in [5, 5.41) is 19.3. The number of hydrogen-bond acceptors (Lipinski definition) is 5. The van der Waals surface area contributed by atoms with Crippen molar-refractivity contribution in [2.45, 2.75) is 6.92 Å². The Kier molecular flexibility index (Phi) is 6.61. The molecule has 0 fully saturated rings. The van der Waals surface area contributed by atoms with Crippen molar-refractivity contribution in [3.8, 4) is 5.75 Å². The van der Waals surface area contributed by atoms with Gasteiger partial charge in [0.2, 0.25) is 0 Å². The Labute approximate surface area is 151 Å². The summed E-state index contributed by atoms with van der Waals surface area (Å²) < 4.78 is 0. The third-order valence-corrected chi connectivity index (χ3v) is 3.50. The number of aliphatic imine (C=N–C) groups is 1. The third-order valence-electron chi connectivity index (χ3n) is 3.50. The molecule has 0 heterocycles. The number of nitrogens with one attached hydrogen (secondary N) is 2. The lowest BCUT2D eigenvalue weighted by Crippen LogP contribution is -2.42. The summed E-state index contributed by atoms with van der Waals surface area (Å²) in [4.78, 5) is 28.6. The molecule has 0 unspecified atom stereocenters. The second-order valence-corrected chi connectivity index (χ2v) is 5.61. The molecular weight excluding hydrogens is 332 g/mol. The number of carbonyl (C=O) groups excluding carboxylic acids is 2. The van der Waals surface area contributed by atoms with Gasteiger partial charge in [0.25, 0.3) is 0 Å². The molecule has 134 valence electrons. The highest BCUT2D eigenvalue weighted by Crippen LogP contribution is 2.15. The van der Waals surface area contributed by atoms with Crippen molar-refractivity contribution in [3.63, 3.8) is 0 Å². The number of carbonyl (C=O) groups is 2. The van der Waals surface area contributed by atoms with E-state index in [1.165, 1.54) is 4.90 Å². The normalized spacial score (nSPS) is 10.5. The molecule has 3 N–H and O–H groups in total. The molecule has 2 aromatic rings. The number of anilines is 1. The SMILES string of the molecule is Cc1ccc(N(C/N=C/c2cccc(O)c2)C(=O)NCC(=N)C=O)cc1. The molecule has 26 heavy (non-hydrogen) atoms. The number of phenols is 1. The Morgan fingerprint density at radius 3 is 2.65 bits per heavy atom. The number of aldehydes is 1. The van der Waals surface area contributed by atoms with Crippen LogP contribution in [0.15, 0.2) is 53.5 Å². The average Bonchev–Trinajstić information content (AvgIpc) is 2.64. The maximum Gasteiger partial charge on any atom is 0.323 e. The van der Waals surface area contributed by atoms with Crippen LogP contribution in [0, 0.1) is 12.3 Å². The topological polar surface area (TPSA) is 106 Å². The van der Waals surface area contributed by atoms with Crippen LogP contribution in [-0.2, 0) is 4.79 Å².